The highest BCUT2D eigenvalue weighted by Crippen LogP contribution is 2.19. The van der Waals surface area contributed by atoms with Crippen LogP contribution in [0.1, 0.15) is 26.0 Å². The van der Waals surface area contributed by atoms with Crippen molar-refractivity contribution in [1.82, 2.24) is 9.97 Å². The lowest BCUT2D eigenvalue weighted by atomic mass is 10.0. The van der Waals surface area contributed by atoms with Crippen LogP contribution in [-0.4, -0.2) is 41.2 Å². The van der Waals surface area contributed by atoms with Crippen molar-refractivity contribution in [1.29, 1.82) is 0 Å². The van der Waals surface area contributed by atoms with E-state index >= 15 is 0 Å². The summed E-state index contributed by atoms with van der Waals surface area (Å²) in [6.45, 7) is 4.89. The molecule has 25 heavy (non-hydrogen) atoms. The van der Waals surface area contributed by atoms with Gasteiger partial charge in [0.1, 0.15) is 12.0 Å². The first-order valence-electron chi connectivity index (χ1n) is 8.31. The summed E-state index contributed by atoms with van der Waals surface area (Å²) in [5.74, 6) is 1.01. The van der Waals surface area contributed by atoms with Crippen molar-refractivity contribution < 1.29 is 9.84 Å². The van der Waals surface area contributed by atoms with E-state index in [0.29, 0.717) is 24.2 Å². The van der Waals surface area contributed by atoms with E-state index in [-0.39, 0.29) is 11.9 Å². The number of ether oxygens (including phenoxy) is 1. The summed E-state index contributed by atoms with van der Waals surface area (Å²) >= 11 is 0. The number of hydrogen-bond acceptors (Lipinski definition) is 6. The van der Waals surface area contributed by atoms with Gasteiger partial charge in [-0.25, -0.2) is 9.98 Å². The second-order valence-electron chi connectivity index (χ2n) is 6.52. The number of aliphatic imine (C=N–C) groups is 1. The van der Waals surface area contributed by atoms with E-state index in [4.69, 9.17) is 4.74 Å². The summed E-state index contributed by atoms with van der Waals surface area (Å²) in [6.07, 6.45) is 4.31. The Hall–Kier alpha value is -2.67. The molecule has 0 fully saturated rings. The van der Waals surface area contributed by atoms with Gasteiger partial charge in [0.15, 0.2) is 0 Å². The van der Waals surface area contributed by atoms with Crippen molar-refractivity contribution in [3.05, 3.63) is 34.5 Å². The normalized spacial score (nSPS) is 14.6. The summed E-state index contributed by atoms with van der Waals surface area (Å²) in [7, 11) is 1.68. The smallest absolute Gasteiger partial charge is 0.238 e. The molecule has 1 aliphatic rings. The lowest BCUT2D eigenvalue weighted by Gasteiger charge is -2.19. The largest absolute Gasteiger partial charge is 0.492 e. The zero-order valence-corrected chi connectivity index (χ0v) is 14.7. The quantitative estimate of drug-likeness (QED) is 0.714. The molecule has 1 atom stereocenters. The van der Waals surface area contributed by atoms with Crippen LogP contribution in [0, 0.1) is 5.92 Å². The summed E-state index contributed by atoms with van der Waals surface area (Å²) in [4.78, 5) is 15.6. The second kappa shape index (κ2) is 7.48. The van der Waals surface area contributed by atoms with Crippen LogP contribution in [-0.2, 0) is 4.74 Å². The van der Waals surface area contributed by atoms with E-state index < -0.39 is 0 Å². The third-order valence-corrected chi connectivity index (χ3v) is 3.88. The number of aromatic amines is 1. The van der Waals surface area contributed by atoms with E-state index in [1.54, 1.807) is 7.11 Å². The van der Waals surface area contributed by atoms with Crippen molar-refractivity contribution >= 4 is 24.1 Å². The molecule has 0 radical (unpaired) electrons. The molecule has 0 amide bonds. The first-order chi connectivity index (χ1) is 12.0. The van der Waals surface area contributed by atoms with Crippen LogP contribution in [0.4, 0.5) is 11.6 Å². The Morgan fingerprint density at radius 3 is 2.96 bits per heavy atom. The zero-order valence-electron chi connectivity index (χ0n) is 14.7. The van der Waals surface area contributed by atoms with Gasteiger partial charge in [0.25, 0.3) is 0 Å². The molecule has 7 nitrogen and oxygen atoms in total. The number of methoxy groups -OCH3 is 1. The molecular formula is C18H23N5O2. The van der Waals surface area contributed by atoms with Gasteiger partial charge < -0.3 is 20.1 Å². The van der Waals surface area contributed by atoms with Gasteiger partial charge in [-0.1, -0.05) is 19.9 Å². The van der Waals surface area contributed by atoms with E-state index in [1.807, 2.05) is 24.3 Å². The van der Waals surface area contributed by atoms with Crippen LogP contribution in [0.3, 0.4) is 0 Å². The number of benzene rings is 1. The average molecular weight is 341 g/mol. The van der Waals surface area contributed by atoms with Crippen LogP contribution in [0.5, 0.6) is 5.88 Å². The predicted molar refractivity (Wildman–Crippen MR) is 97.9 cm³/mol. The maximum Gasteiger partial charge on any atom is 0.238 e. The van der Waals surface area contributed by atoms with E-state index in [2.05, 4.69) is 39.1 Å². The third-order valence-electron chi connectivity index (χ3n) is 3.88. The van der Waals surface area contributed by atoms with Crippen molar-refractivity contribution in [2.45, 2.75) is 26.3 Å². The molecule has 0 bridgehead atoms. The molecule has 7 heteroatoms. The monoisotopic (exact) mass is 341 g/mol. The Balaban J connectivity index is 1.81. The van der Waals surface area contributed by atoms with Crippen LogP contribution >= 0.6 is 0 Å². The van der Waals surface area contributed by atoms with Crippen molar-refractivity contribution in [2.75, 3.05) is 19.0 Å². The minimum Gasteiger partial charge on any atom is -0.492 e. The number of anilines is 1. The molecule has 3 rings (SSSR count). The van der Waals surface area contributed by atoms with Gasteiger partial charge in [-0.3, -0.25) is 0 Å². The molecule has 0 spiro atoms. The molecule has 0 saturated carbocycles. The van der Waals surface area contributed by atoms with Gasteiger partial charge in [0.2, 0.25) is 11.8 Å². The molecule has 1 aromatic heterocycles. The van der Waals surface area contributed by atoms with Crippen LogP contribution in [0.25, 0.3) is 6.08 Å². The topological polar surface area (TPSA) is 94.9 Å². The average Bonchev–Trinajstić information content (AvgIpc) is 3.13. The van der Waals surface area contributed by atoms with E-state index in [1.165, 1.54) is 6.34 Å². The van der Waals surface area contributed by atoms with Gasteiger partial charge in [-0.2, -0.15) is 4.98 Å². The molecule has 2 aromatic rings. The number of hydrogen-bond donors (Lipinski definition) is 3. The molecule has 3 N–H and O–H groups in total. The maximum absolute atomic E-state index is 10.1. The fraction of sp³-hybridized carbons (Fsp3) is 0.389. The van der Waals surface area contributed by atoms with Crippen LogP contribution in [0.2, 0.25) is 0 Å². The number of aromatic hydroxyl groups is 1. The molecule has 132 valence electrons. The SMILES string of the molecule is COC[C@@H](CC(C)C)Nc1nc(O)c(/C=c2\ccc3c(c2)N=CN=3)[nH]1. The molecule has 1 aromatic carbocycles. The van der Waals surface area contributed by atoms with Gasteiger partial charge in [0.05, 0.1) is 23.7 Å². The van der Waals surface area contributed by atoms with E-state index in [9.17, 15) is 5.11 Å². The third kappa shape index (κ3) is 4.24. The lowest BCUT2D eigenvalue weighted by molar-refractivity contribution is 0.178. The first-order valence-corrected chi connectivity index (χ1v) is 8.31. The molecule has 0 saturated heterocycles. The van der Waals surface area contributed by atoms with Gasteiger partial charge in [-0.05, 0) is 35.8 Å². The molecule has 0 aliphatic carbocycles. The number of rotatable bonds is 7. The Labute approximate surface area is 146 Å². The first kappa shape index (κ1) is 17.2. The van der Waals surface area contributed by atoms with Crippen LogP contribution in [0.15, 0.2) is 28.2 Å². The Kier molecular flexibility index (Phi) is 5.14. The molecule has 1 aliphatic heterocycles. The van der Waals surface area contributed by atoms with Crippen LogP contribution < -0.4 is 15.9 Å². The Morgan fingerprint density at radius 2 is 2.20 bits per heavy atom. The van der Waals surface area contributed by atoms with Crippen molar-refractivity contribution in [2.24, 2.45) is 15.9 Å². The zero-order chi connectivity index (χ0) is 17.8. The predicted octanol–water partition coefficient (Wildman–Crippen LogP) is 1.71. The summed E-state index contributed by atoms with van der Waals surface area (Å²) in [5.41, 5.74) is 1.37. The highest BCUT2D eigenvalue weighted by Gasteiger charge is 2.14. The minimum atomic E-state index is -0.0445. The molecule has 0 unspecified atom stereocenters. The van der Waals surface area contributed by atoms with Gasteiger partial charge in [0, 0.05) is 7.11 Å². The Bertz CT molecular complexity index is 885. The number of imidazole rings is 1. The highest BCUT2D eigenvalue weighted by molar-refractivity contribution is 5.67. The standard InChI is InChI=1S/C18H23N5O2/c1-11(2)6-13(9-25-3)21-18-22-16(17(24)23-18)8-12-4-5-14-15(7-12)20-10-19-14/h4-5,7-8,10-11,13,24H,6,9H2,1-3H3,(H2,21,22,23)/b12-8+/t13-/m1/s1. The minimum absolute atomic E-state index is 0.0445. The van der Waals surface area contributed by atoms with Crippen molar-refractivity contribution in [3.8, 4) is 5.88 Å². The van der Waals surface area contributed by atoms with Gasteiger partial charge >= 0.3 is 0 Å². The number of aromatic nitrogens is 2. The maximum atomic E-state index is 10.1. The lowest BCUT2D eigenvalue weighted by Crippen LogP contribution is -2.27. The summed E-state index contributed by atoms with van der Waals surface area (Å²) in [6, 6.07) is 5.87. The number of H-pyrrole nitrogens is 1. The highest BCUT2D eigenvalue weighted by atomic mass is 16.5. The number of nitrogens with zero attached hydrogens (tertiary/aromatic N) is 3. The second-order valence-corrected chi connectivity index (χ2v) is 6.52. The molecular weight excluding hydrogens is 318 g/mol. The fourth-order valence-electron chi connectivity index (χ4n) is 2.84. The number of nitrogens with one attached hydrogen (secondary N) is 2. The fourth-order valence-corrected chi connectivity index (χ4v) is 2.84. The van der Waals surface area contributed by atoms with E-state index in [0.717, 1.165) is 22.7 Å². The summed E-state index contributed by atoms with van der Waals surface area (Å²) in [5, 5.41) is 15.2. The number of fused-ring (bicyclic) bond motifs is 1. The van der Waals surface area contributed by atoms with Crippen molar-refractivity contribution in [3.63, 3.8) is 0 Å². The molecule has 2 heterocycles. The van der Waals surface area contributed by atoms with Gasteiger partial charge in [-0.15, -0.1) is 0 Å². The Morgan fingerprint density at radius 1 is 1.36 bits per heavy atom. The summed E-state index contributed by atoms with van der Waals surface area (Å²) < 4.78 is 5.26.